The number of aryl methyl sites for hydroxylation is 1. The van der Waals surface area contributed by atoms with Crippen molar-refractivity contribution in [2.45, 2.75) is 51.5 Å². The van der Waals surface area contributed by atoms with Gasteiger partial charge < -0.3 is 4.90 Å². The summed E-state index contributed by atoms with van der Waals surface area (Å²) in [7, 11) is 0. The Bertz CT molecular complexity index is 438. The molecule has 1 saturated heterocycles. The van der Waals surface area contributed by atoms with Crippen LogP contribution >= 0.6 is 0 Å². The van der Waals surface area contributed by atoms with E-state index in [0.29, 0.717) is 6.04 Å². The second kappa shape index (κ2) is 4.75. The van der Waals surface area contributed by atoms with Gasteiger partial charge in [0.05, 0.1) is 11.8 Å². The minimum Gasteiger partial charge on any atom is -0.335 e. The van der Waals surface area contributed by atoms with E-state index in [0.717, 1.165) is 30.1 Å². The highest BCUT2D eigenvalue weighted by Crippen LogP contribution is 2.35. The molecule has 1 saturated carbocycles. The lowest BCUT2D eigenvalue weighted by Crippen LogP contribution is -2.49. The number of nitrogens with one attached hydrogen (secondary N) is 1. The Morgan fingerprint density at radius 2 is 2.11 bits per heavy atom. The van der Waals surface area contributed by atoms with Gasteiger partial charge in [-0.3, -0.25) is 9.89 Å². The summed E-state index contributed by atoms with van der Waals surface area (Å²) in [4.78, 5) is 14.7. The maximum Gasteiger partial charge on any atom is 0.257 e. The first-order valence-corrected chi connectivity index (χ1v) is 7.08. The predicted molar refractivity (Wildman–Crippen MR) is 69.3 cm³/mol. The predicted octanol–water partition coefficient (Wildman–Crippen LogP) is 2.51. The number of piperidine rings is 1. The van der Waals surface area contributed by atoms with Gasteiger partial charge in [0, 0.05) is 18.3 Å². The van der Waals surface area contributed by atoms with E-state index in [1.165, 1.54) is 32.1 Å². The molecule has 98 valence electrons. The first-order chi connectivity index (χ1) is 8.77. The molecule has 2 aliphatic rings. The van der Waals surface area contributed by atoms with Crippen LogP contribution in [0.1, 0.15) is 54.6 Å². The Kier molecular flexibility index (Phi) is 3.10. The molecule has 4 heteroatoms. The fraction of sp³-hybridized carbons (Fsp3) is 0.714. The van der Waals surface area contributed by atoms with Crippen molar-refractivity contribution in [3.8, 4) is 0 Å². The highest BCUT2D eigenvalue weighted by atomic mass is 16.2. The van der Waals surface area contributed by atoms with Crippen LogP contribution in [0.2, 0.25) is 0 Å². The second-order valence-electron chi connectivity index (χ2n) is 5.66. The summed E-state index contributed by atoms with van der Waals surface area (Å²) in [5.41, 5.74) is 1.64. The molecule has 2 unspecified atom stereocenters. The summed E-state index contributed by atoms with van der Waals surface area (Å²) in [5.74, 6) is 0.918. The Morgan fingerprint density at radius 1 is 1.33 bits per heavy atom. The molecule has 1 aromatic rings. The monoisotopic (exact) mass is 247 g/mol. The molecule has 0 aromatic carbocycles. The van der Waals surface area contributed by atoms with Crippen molar-refractivity contribution in [2.24, 2.45) is 5.92 Å². The van der Waals surface area contributed by atoms with Crippen molar-refractivity contribution in [1.29, 1.82) is 0 Å². The number of hydrogen-bond acceptors (Lipinski definition) is 2. The molecule has 2 heterocycles. The van der Waals surface area contributed by atoms with Crippen molar-refractivity contribution >= 4 is 5.91 Å². The zero-order valence-electron chi connectivity index (χ0n) is 11.0. The molecule has 2 atom stereocenters. The lowest BCUT2D eigenvalue weighted by Gasteiger charge is -2.44. The van der Waals surface area contributed by atoms with Gasteiger partial charge in [-0.25, -0.2) is 0 Å². The van der Waals surface area contributed by atoms with Gasteiger partial charge in [0.25, 0.3) is 5.91 Å². The number of carbonyl (C=O) groups excluding carboxylic acids is 1. The SMILES string of the molecule is Cc1[nH]ncc1C(=O)N1CCCC2CCCCC21. The Labute approximate surface area is 108 Å². The quantitative estimate of drug-likeness (QED) is 0.829. The third-order valence-corrected chi connectivity index (χ3v) is 4.56. The van der Waals surface area contributed by atoms with E-state index in [-0.39, 0.29) is 5.91 Å². The van der Waals surface area contributed by atoms with Gasteiger partial charge in [0.15, 0.2) is 0 Å². The summed E-state index contributed by atoms with van der Waals surface area (Å²) in [6.07, 6.45) is 9.24. The van der Waals surface area contributed by atoms with E-state index in [1.807, 2.05) is 6.92 Å². The average molecular weight is 247 g/mol. The number of likely N-dealkylation sites (tertiary alicyclic amines) is 1. The van der Waals surface area contributed by atoms with Crippen LogP contribution in [0.4, 0.5) is 0 Å². The van der Waals surface area contributed by atoms with Gasteiger partial charge in [0.2, 0.25) is 0 Å². The smallest absolute Gasteiger partial charge is 0.257 e. The molecule has 0 spiro atoms. The fourth-order valence-electron chi connectivity index (χ4n) is 3.60. The van der Waals surface area contributed by atoms with Gasteiger partial charge in [0.1, 0.15) is 0 Å². The summed E-state index contributed by atoms with van der Waals surface area (Å²) in [6.45, 7) is 2.84. The van der Waals surface area contributed by atoms with Crippen LogP contribution in [-0.4, -0.2) is 33.6 Å². The van der Waals surface area contributed by atoms with E-state index in [2.05, 4.69) is 15.1 Å². The third kappa shape index (κ3) is 1.93. The topological polar surface area (TPSA) is 49.0 Å². The first-order valence-electron chi connectivity index (χ1n) is 7.08. The fourth-order valence-corrected chi connectivity index (χ4v) is 3.60. The van der Waals surface area contributed by atoms with Crippen LogP contribution in [0.15, 0.2) is 6.20 Å². The number of aromatic amines is 1. The summed E-state index contributed by atoms with van der Waals surface area (Å²) in [6, 6.07) is 0.481. The number of fused-ring (bicyclic) bond motifs is 1. The molecule has 1 aliphatic carbocycles. The van der Waals surface area contributed by atoms with Gasteiger partial charge in [-0.2, -0.15) is 5.10 Å². The molecular formula is C14H21N3O. The van der Waals surface area contributed by atoms with Crippen molar-refractivity contribution in [3.05, 3.63) is 17.5 Å². The summed E-state index contributed by atoms with van der Waals surface area (Å²) < 4.78 is 0. The molecule has 18 heavy (non-hydrogen) atoms. The molecule has 2 fully saturated rings. The van der Waals surface area contributed by atoms with Crippen LogP contribution in [-0.2, 0) is 0 Å². The van der Waals surface area contributed by atoms with Gasteiger partial charge in [-0.15, -0.1) is 0 Å². The molecule has 0 bridgehead atoms. The Hall–Kier alpha value is -1.32. The number of nitrogens with zero attached hydrogens (tertiary/aromatic N) is 2. The number of amides is 1. The zero-order chi connectivity index (χ0) is 12.5. The lowest BCUT2D eigenvalue weighted by atomic mass is 9.78. The van der Waals surface area contributed by atoms with Crippen molar-refractivity contribution in [2.75, 3.05) is 6.54 Å². The van der Waals surface area contributed by atoms with Crippen LogP contribution in [0.25, 0.3) is 0 Å². The molecule has 1 N–H and O–H groups in total. The van der Waals surface area contributed by atoms with Crippen molar-refractivity contribution in [3.63, 3.8) is 0 Å². The number of rotatable bonds is 1. The standard InChI is InChI=1S/C14H21N3O/c1-10-12(9-15-16-10)14(18)17-8-4-6-11-5-2-3-7-13(11)17/h9,11,13H,2-8H2,1H3,(H,15,16). The largest absolute Gasteiger partial charge is 0.335 e. The maximum atomic E-state index is 12.6. The molecule has 1 amide bonds. The minimum atomic E-state index is 0.179. The van der Waals surface area contributed by atoms with Crippen LogP contribution in [0.3, 0.4) is 0 Å². The zero-order valence-corrected chi connectivity index (χ0v) is 11.0. The molecule has 1 aliphatic heterocycles. The highest BCUT2D eigenvalue weighted by Gasteiger charge is 2.36. The number of aromatic nitrogens is 2. The number of hydrogen-bond donors (Lipinski definition) is 1. The maximum absolute atomic E-state index is 12.6. The summed E-state index contributed by atoms with van der Waals surface area (Å²) in [5, 5.41) is 6.83. The Morgan fingerprint density at radius 3 is 2.89 bits per heavy atom. The highest BCUT2D eigenvalue weighted by molar-refractivity contribution is 5.95. The van der Waals surface area contributed by atoms with Crippen LogP contribution in [0, 0.1) is 12.8 Å². The number of carbonyl (C=O) groups is 1. The lowest BCUT2D eigenvalue weighted by molar-refractivity contribution is 0.0390. The molecular weight excluding hydrogens is 226 g/mol. The van der Waals surface area contributed by atoms with E-state index >= 15 is 0 Å². The average Bonchev–Trinajstić information content (AvgIpc) is 2.83. The normalized spacial score (nSPS) is 27.9. The first kappa shape index (κ1) is 11.8. The van der Waals surface area contributed by atoms with Gasteiger partial charge in [-0.05, 0) is 38.5 Å². The second-order valence-corrected chi connectivity index (χ2v) is 5.66. The minimum absolute atomic E-state index is 0.179. The van der Waals surface area contributed by atoms with Crippen molar-refractivity contribution < 1.29 is 4.79 Å². The molecule has 0 radical (unpaired) electrons. The molecule has 3 rings (SSSR count). The molecule has 1 aromatic heterocycles. The number of H-pyrrole nitrogens is 1. The van der Waals surface area contributed by atoms with E-state index in [1.54, 1.807) is 6.20 Å². The Balaban J connectivity index is 1.82. The van der Waals surface area contributed by atoms with Crippen molar-refractivity contribution in [1.82, 2.24) is 15.1 Å². The van der Waals surface area contributed by atoms with Crippen LogP contribution < -0.4 is 0 Å². The van der Waals surface area contributed by atoms with E-state index in [4.69, 9.17) is 0 Å². The van der Waals surface area contributed by atoms with Gasteiger partial charge >= 0.3 is 0 Å². The van der Waals surface area contributed by atoms with Crippen LogP contribution in [0.5, 0.6) is 0 Å². The summed E-state index contributed by atoms with van der Waals surface area (Å²) >= 11 is 0. The molecule has 4 nitrogen and oxygen atoms in total. The third-order valence-electron chi connectivity index (χ3n) is 4.56. The van der Waals surface area contributed by atoms with Gasteiger partial charge in [-0.1, -0.05) is 12.8 Å². The van der Waals surface area contributed by atoms with E-state index in [9.17, 15) is 4.79 Å². The van der Waals surface area contributed by atoms with E-state index < -0.39 is 0 Å².